The standard InChI is InChI=1S/C38H76O9P/c1-3-5-7-9-11-13-15-17-19-21-23-25-27-29-31-45-33-35(34-46-38(36(40)32-39)48(42,43)44)47-37(41)30-28-26-24-22-20-18-16-14-12-10-8-6-4-2/h35,38-39,42-44H,3-34H2,1-2H3/q+1/t35-,38?/m1/s1. The molecule has 0 rings (SSSR count). The Morgan fingerprint density at radius 1 is 0.542 bits per heavy atom. The predicted molar refractivity (Wildman–Crippen MR) is 197 cm³/mol. The van der Waals surface area contributed by atoms with Gasteiger partial charge in [0.25, 0.3) is 0 Å². The van der Waals surface area contributed by atoms with Crippen LogP contribution < -0.4 is 0 Å². The maximum Gasteiger partial charge on any atom is 0.443 e. The maximum absolute atomic E-state index is 12.6. The van der Waals surface area contributed by atoms with Gasteiger partial charge in [-0.3, -0.25) is 9.59 Å². The van der Waals surface area contributed by atoms with Crippen LogP contribution >= 0.6 is 7.94 Å². The minimum Gasteiger partial charge on any atom is -0.457 e. The summed E-state index contributed by atoms with van der Waals surface area (Å²) in [4.78, 5) is 53.3. The molecule has 0 heterocycles. The van der Waals surface area contributed by atoms with Crippen LogP contribution in [0.2, 0.25) is 0 Å². The summed E-state index contributed by atoms with van der Waals surface area (Å²) in [6, 6.07) is 0. The quantitative estimate of drug-likeness (QED) is 0.0280. The third-order valence-electron chi connectivity index (χ3n) is 8.91. The number of hydrogen-bond acceptors (Lipinski definition) is 9. The van der Waals surface area contributed by atoms with Crippen LogP contribution in [0.5, 0.6) is 0 Å². The number of ether oxygens (including phenoxy) is 3. The van der Waals surface area contributed by atoms with Crippen LogP contribution in [0.4, 0.5) is 0 Å². The predicted octanol–water partition coefficient (Wildman–Crippen LogP) is 9.52. The molecule has 0 aromatic rings. The Labute approximate surface area is 294 Å². The molecule has 286 valence electrons. The summed E-state index contributed by atoms with van der Waals surface area (Å²) >= 11 is 0. The highest BCUT2D eigenvalue weighted by Crippen LogP contribution is 2.51. The second kappa shape index (κ2) is 34.8. The number of carbonyl (C=O) groups is 2. The van der Waals surface area contributed by atoms with E-state index in [9.17, 15) is 24.3 Å². The van der Waals surface area contributed by atoms with E-state index in [1.807, 2.05) is 0 Å². The van der Waals surface area contributed by atoms with Crippen LogP contribution in [0.1, 0.15) is 194 Å². The van der Waals surface area contributed by atoms with E-state index in [4.69, 9.17) is 19.3 Å². The lowest BCUT2D eigenvalue weighted by Crippen LogP contribution is -2.35. The van der Waals surface area contributed by atoms with Crippen LogP contribution in [0.3, 0.4) is 0 Å². The first kappa shape index (κ1) is 47.3. The number of ketones is 1. The van der Waals surface area contributed by atoms with Gasteiger partial charge < -0.3 is 19.3 Å². The van der Waals surface area contributed by atoms with Gasteiger partial charge in [-0.15, -0.1) is 0 Å². The van der Waals surface area contributed by atoms with Crippen molar-refractivity contribution in [3.05, 3.63) is 0 Å². The van der Waals surface area contributed by atoms with Gasteiger partial charge in [-0.2, -0.15) is 14.7 Å². The summed E-state index contributed by atoms with van der Waals surface area (Å²) in [5.74, 6) is -3.46. The summed E-state index contributed by atoms with van der Waals surface area (Å²) in [5, 5.41) is 9.13. The van der Waals surface area contributed by atoms with Gasteiger partial charge in [0.05, 0.1) is 13.2 Å². The normalized spacial score (nSPS) is 13.1. The van der Waals surface area contributed by atoms with E-state index in [-0.39, 0.29) is 19.6 Å². The maximum atomic E-state index is 12.6. The second-order valence-corrected chi connectivity index (χ2v) is 15.4. The SMILES string of the molecule is CCCCCCCCCCCCCCCCOC[C@H](COC(C(=O)CO)[P+](O)(O)O)OC(=O)CCCCCCCCCCCCCCC. The first-order chi connectivity index (χ1) is 23.3. The number of aliphatic hydroxyl groups is 1. The van der Waals surface area contributed by atoms with Gasteiger partial charge in [0.2, 0.25) is 5.78 Å². The average molecular weight is 708 g/mol. The van der Waals surface area contributed by atoms with Crippen molar-refractivity contribution in [1.82, 2.24) is 0 Å². The van der Waals surface area contributed by atoms with Gasteiger partial charge >= 0.3 is 19.8 Å². The summed E-state index contributed by atoms with van der Waals surface area (Å²) in [6.07, 6.45) is 32.8. The van der Waals surface area contributed by atoms with Gasteiger partial charge in [-0.25, -0.2) is 0 Å². The van der Waals surface area contributed by atoms with Crippen LogP contribution in [-0.2, 0) is 23.8 Å². The highest BCUT2D eigenvalue weighted by atomic mass is 31.2. The van der Waals surface area contributed by atoms with E-state index in [0.717, 1.165) is 32.1 Å². The summed E-state index contributed by atoms with van der Waals surface area (Å²) in [6.45, 7) is 3.62. The number of carbonyl (C=O) groups excluding carboxylic acids is 2. The van der Waals surface area contributed by atoms with E-state index < -0.39 is 38.3 Å². The third-order valence-corrected chi connectivity index (χ3v) is 9.98. The second-order valence-electron chi connectivity index (χ2n) is 13.7. The molecular formula is C38H76O9P+. The fourth-order valence-electron chi connectivity index (χ4n) is 5.92. The Kier molecular flexibility index (Phi) is 34.3. The Morgan fingerprint density at radius 2 is 0.917 bits per heavy atom. The zero-order chi connectivity index (χ0) is 35.6. The van der Waals surface area contributed by atoms with E-state index in [1.54, 1.807) is 0 Å². The fourth-order valence-corrected chi connectivity index (χ4v) is 6.68. The molecule has 0 spiro atoms. The molecule has 0 radical (unpaired) electrons. The third kappa shape index (κ3) is 31.3. The molecule has 0 saturated carbocycles. The molecule has 0 saturated heterocycles. The van der Waals surface area contributed by atoms with Crippen molar-refractivity contribution in [3.63, 3.8) is 0 Å². The molecule has 0 aromatic carbocycles. The topological polar surface area (TPSA) is 143 Å². The van der Waals surface area contributed by atoms with Crippen molar-refractivity contribution in [1.29, 1.82) is 0 Å². The van der Waals surface area contributed by atoms with Gasteiger partial charge in [-0.1, -0.05) is 174 Å². The zero-order valence-electron chi connectivity index (χ0n) is 31.1. The minimum atomic E-state index is -4.71. The Balaban J connectivity index is 4.25. The molecular weight excluding hydrogens is 631 g/mol. The van der Waals surface area contributed by atoms with E-state index >= 15 is 0 Å². The highest BCUT2D eigenvalue weighted by molar-refractivity contribution is 7.60. The van der Waals surface area contributed by atoms with E-state index in [0.29, 0.717) is 13.0 Å². The number of unbranched alkanes of at least 4 members (excludes halogenated alkanes) is 25. The summed E-state index contributed by atoms with van der Waals surface area (Å²) < 4.78 is 16.6. The Morgan fingerprint density at radius 3 is 1.29 bits per heavy atom. The fraction of sp³-hybridized carbons (Fsp3) is 0.947. The van der Waals surface area contributed by atoms with E-state index in [1.165, 1.54) is 135 Å². The summed E-state index contributed by atoms with van der Waals surface area (Å²) in [7, 11) is -4.71. The van der Waals surface area contributed by atoms with Crippen molar-refractivity contribution in [2.24, 2.45) is 0 Å². The summed E-state index contributed by atoms with van der Waals surface area (Å²) in [5.41, 5.74) is 0. The molecule has 48 heavy (non-hydrogen) atoms. The molecule has 0 aliphatic carbocycles. The van der Waals surface area contributed by atoms with Crippen molar-refractivity contribution < 1.29 is 43.6 Å². The van der Waals surface area contributed by atoms with Crippen LogP contribution in [0, 0.1) is 0 Å². The minimum absolute atomic E-state index is 0.0244. The largest absolute Gasteiger partial charge is 0.457 e. The molecule has 0 bridgehead atoms. The van der Waals surface area contributed by atoms with Crippen LogP contribution in [0.25, 0.3) is 0 Å². The number of Topliss-reactive ketones (excluding diaryl/α,β-unsaturated/α-hetero) is 1. The molecule has 2 atom stereocenters. The molecule has 0 aromatic heterocycles. The van der Waals surface area contributed by atoms with Crippen molar-refractivity contribution in [3.8, 4) is 0 Å². The van der Waals surface area contributed by atoms with Crippen LogP contribution in [-0.4, -0.2) is 69.9 Å². The lowest BCUT2D eigenvalue weighted by atomic mass is 10.0. The number of rotatable bonds is 38. The van der Waals surface area contributed by atoms with Gasteiger partial charge in [0.15, 0.2) is 0 Å². The number of aliphatic hydroxyl groups excluding tert-OH is 1. The molecule has 0 aliphatic rings. The highest BCUT2D eigenvalue weighted by Gasteiger charge is 2.49. The smallest absolute Gasteiger partial charge is 0.443 e. The average Bonchev–Trinajstić information content (AvgIpc) is 3.05. The number of esters is 1. The van der Waals surface area contributed by atoms with Crippen molar-refractivity contribution in [2.45, 2.75) is 206 Å². The Bertz CT molecular complexity index is 717. The molecule has 0 aliphatic heterocycles. The van der Waals surface area contributed by atoms with Gasteiger partial charge in [-0.05, 0) is 12.8 Å². The van der Waals surface area contributed by atoms with E-state index in [2.05, 4.69) is 13.8 Å². The molecule has 9 nitrogen and oxygen atoms in total. The molecule has 0 amide bonds. The molecule has 10 heteroatoms. The molecule has 0 fully saturated rings. The van der Waals surface area contributed by atoms with Crippen molar-refractivity contribution in [2.75, 3.05) is 26.4 Å². The first-order valence-electron chi connectivity index (χ1n) is 19.9. The molecule has 4 N–H and O–H groups in total. The number of hydrogen-bond donors (Lipinski definition) is 4. The lowest BCUT2D eigenvalue weighted by molar-refractivity contribution is -0.158. The molecule has 1 unspecified atom stereocenters. The monoisotopic (exact) mass is 708 g/mol. The van der Waals surface area contributed by atoms with Crippen LogP contribution in [0.15, 0.2) is 0 Å². The zero-order valence-corrected chi connectivity index (χ0v) is 32.0. The Hall–Kier alpha value is -0.670. The first-order valence-corrected chi connectivity index (χ1v) is 21.6. The van der Waals surface area contributed by atoms with Gasteiger partial charge in [0, 0.05) is 13.0 Å². The van der Waals surface area contributed by atoms with Crippen molar-refractivity contribution >= 4 is 19.7 Å². The lowest BCUT2D eigenvalue weighted by Gasteiger charge is -2.21. The van der Waals surface area contributed by atoms with Gasteiger partial charge in [0.1, 0.15) is 12.7 Å².